The molecule has 0 fully saturated rings. The zero-order valence-electron chi connectivity index (χ0n) is 12.3. The molecular formula is C14H20N2O4. The number of amides is 1. The van der Waals surface area contributed by atoms with E-state index in [4.69, 9.17) is 4.74 Å². The number of carbonyl (C=O) groups excluding carboxylic acids is 1. The standard InChI is InChI=1S/C14H20N2O4/c1-5-20-13-7-6-11(8-12(13)16(18)19)14(17)15(4)9-10(2)3/h6-8,10H,5,9H2,1-4H3. The first-order valence-corrected chi connectivity index (χ1v) is 6.53. The first kappa shape index (κ1) is 15.9. The number of rotatable bonds is 6. The van der Waals surface area contributed by atoms with E-state index in [0.29, 0.717) is 24.6 Å². The Bertz CT molecular complexity index is 500. The SMILES string of the molecule is CCOc1ccc(C(=O)N(C)CC(C)C)cc1[N+](=O)[O-]. The predicted octanol–water partition coefficient (Wildman–Crippen LogP) is 2.72. The lowest BCUT2D eigenvalue weighted by molar-refractivity contribution is -0.385. The molecule has 1 rings (SSSR count). The van der Waals surface area contributed by atoms with E-state index < -0.39 is 4.92 Å². The van der Waals surface area contributed by atoms with Gasteiger partial charge in [0, 0.05) is 25.2 Å². The smallest absolute Gasteiger partial charge is 0.311 e. The number of ether oxygens (including phenoxy) is 1. The summed E-state index contributed by atoms with van der Waals surface area (Å²) in [7, 11) is 1.69. The lowest BCUT2D eigenvalue weighted by atomic mass is 10.1. The van der Waals surface area contributed by atoms with Crippen molar-refractivity contribution in [3.05, 3.63) is 33.9 Å². The van der Waals surface area contributed by atoms with E-state index in [-0.39, 0.29) is 17.3 Å². The normalized spacial score (nSPS) is 10.4. The summed E-state index contributed by atoms with van der Waals surface area (Å²) >= 11 is 0. The van der Waals surface area contributed by atoms with Crippen molar-refractivity contribution in [2.75, 3.05) is 20.2 Å². The summed E-state index contributed by atoms with van der Waals surface area (Å²) in [6.07, 6.45) is 0. The second-order valence-electron chi connectivity index (χ2n) is 4.95. The van der Waals surface area contributed by atoms with Crippen molar-refractivity contribution in [2.45, 2.75) is 20.8 Å². The summed E-state index contributed by atoms with van der Waals surface area (Å²) in [5.74, 6) is 0.284. The van der Waals surface area contributed by atoms with Gasteiger partial charge in [0.1, 0.15) is 0 Å². The zero-order valence-corrected chi connectivity index (χ0v) is 12.3. The summed E-state index contributed by atoms with van der Waals surface area (Å²) in [5, 5.41) is 11.0. The maximum Gasteiger partial charge on any atom is 0.311 e. The number of benzene rings is 1. The number of nitrogens with zero attached hydrogens (tertiary/aromatic N) is 2. The van der Waals surface area contributed by atoms with Crippen LogP contribution in [0.2, 0.25) is 0 Å². The first-order valence-electron chi connectivity index (χ1n) is 6.53. The molecule has 6 nitrogen and oxygen atoms in total. The Kier molecular flexibility index (Phi) is 5.49. The molecule has 1 amide bonds. The molecule has 0 aliphatic rings. The van der Waals surface area contributed by atoms with Gasteiger partial charge >= 0.3 is 5.69 Å². The molecule has 0 aliphatic carbocycles. The topological polar surface area (TPSA) is 72.7 Å². The summed E-state index contributed by atoms with van der Waals surface area (Å²) in [5.41, 5.74) is 0.110. The Labute approximate surface area is 118 Å². The summed E-state index contributed by atoms with van der Waals surface area (Å²) in [6, 6.07) is 4.29. The van der Waals surface area contributed by atoms with Crippen molar-refractivity contribution in [3.8, 4) is 5.75 Å². The van der Waals surface area contributed by atoms with Crippen LogP contribution in [0.15, 0.2) is 18.2 Å². The van der Waals surface area contributed by atoms with Crippen LogP contribution in [0.25, 0.3) is 0 Å². The van der Waals surface area contributed by atoms with Crippen LogP contribution in [0.4, 0.5) is 5.69 Å². The van der Waals surface area contributed by atoms with Crippen molar-refractivity contribution in [1.82, 2.24) is 4.90 Å². The van der Waals surface area contributed by atoms with Gasteiger partial charge in [0.25, 0.3) is 5.91 Å². The molecule has 0 aliphatic heterocycles. The molecule has 0 spiro atoms. The maximum atomic E-state index is 12.2. The van der Waals surface area contributed by atoms with Crippen LogP contribution in [-0.2, 0) is 0 Å². The average Bonchev–Trinajstić information content (AvgIpc) is 2.37. The van der Waals surface area contributed by atoms with Gasteiger partial charge in [0.2, 0.25) is 0 Å². The van der Waals surface area contributed by atoms with E-state index in [1.165, 1.54) is 12.1 Å². The summed E-state index contributed by atoms with van der Waals surface area (Å²) in [6.45, 7) is 6.69. The van der Waals surface area contributed by atoms with Gasteiger partial charge in [0.15, 0.2) is 5.75 Å². The van der Waals surface area contributed by atoms with Crippen LogP contribution in [0.3, 0.4) is 0 Å². The predicted molar refractivity (Wildman–Crippen MR) is 76.1 cm³/mol. The van der Waals surface area contributed by atoms with Gasteiger partial charge in [-0.2, -0.15) is 0 Å². The molecule has 1 aromatic carbocycles. The number of hydrogen-bond donors (Lipinski definition) is 0. The Morgan fingerprint density at radius 3 is 2.60 bits per heavy atom. The largest absolute Gasteiger partial charge is 0.487 e. The summed E-state index contributed by atoms with van der Waals surface area (Å²) < 4.78 is 5.19. The Balaban J connectivity index is 3.05. The second kappa shape index (κ2) is 6.88. The lowest BCUT2D eigenvalue weighted by Crippen LogP contribution is -2.30. The molecule has 6 heteroatoms. The molecule has 1 aromatic rings. The van der Waals surface area contributed by atoms with Gasteiger partial charge in [-0.25, -0.2) is 0 Å². The van der Waals surface area contributed by atoms with Gasteiger partial charge < -0.3 is 9.64 Å². The molecule has 0 atom stereocenters. The van der Waals surface area contributed by atoms with Crippen molar-refractivity contribution in [1.29, 1.82) is 0 Å². The van der Waals surface area contributed by atoms with Crippen molar-refractivity contribution in [2.24, 2.45) is 5.92 Å². The number of hydrogen-bond acceptors (Lipinski definition) is 4. The highest BCUT2D eigenvalue weighted by atomic mass is 16.6. The van der Waals surface area contributed by atoms with E-state index in [9.17, 15) is 14.9 Å². The first-order chi connectivity index (χ1) is 9.36. The highest BCUT2D eigenvalue weighted by molar-refractivity contribution is 5.95. The molecule has 0 aromatic heterocycles. The quantitative estimate of drug-likeness (QED) is 0.593. The third-order valence-electron chi connectivity index (χ3n) is 2.69. The Morgan fingerprint density at radius 2 is 2.10 bits per heavy atom. The molecule has 0 unspecified atom stereocenters. The highest BCUT2D eigenvalue weighted by Crippen LogP contribution is 2.28. The fraction of sp³-hybridized carbons (Fsp3) is 0.500. The van der Waals surface area contributed by atoms with Gasteiger partial charge in [-0.15, -0.1) is 0 Å². The van der Waals surface area contributed by atoms with Crippen molar-refractivity contribution < 1.29 is 14.5 Å². The number of carbonyl (C=O) groups is 1. The van der Waals surface area contributed by atoms with Crippen LogP contribution in [0, 0.1) is 16.0 Å². The fourth-order valence-corrected chi connectivity index (χ4v) is 1.92. The van der Waals surface area contributed by atoms with Crippen LogP contribution in [0.5, 0.6) is 5.75 Å². The molecule has 0 radical (unpaired) electrons. The minimum absolute atomic E-state index is 0.181. The molecule has 0 saturated carbocycles. The van der Waals surface area contributed by atoms with Crippen molar-refractivity contribution >= 4 is 11.6 Å². The maximum absolute atomic E-state index is 12.2. The molecule has 110 valence electrons. The lowest BCUT2D eigenvalue weighted by Gasteiger charge is -2.19. The number of nitro groups is 1. The monoisotopic (exact) mass is 280 g/mol. The van der Waals surface area contributed by atoms with E-state index in [1.807, 2.05) is 13.8 Å². The minimum atomic E-state index is -0.537. The second-order valence-corrected chi connectivity index (χ2v) is 4.95. The average molecular weight is 280 g/mol. The highest BCUT2D eigenvalue weighted by Gasteiger charge is 2.20. The van der Waals surface area contributed by atoms with Gasteiger partial charge in [-0.05, 0) is 25.0 Å². The fourth-order valence-electron chi connectivity index (χ4n) is 1.92. The molecule has 0 N–H and O–H groups in total. The van der Waals surface area contributed by atoms with E-state index in [1.54, 1.807) is 24.9 Å². The molecule has 0 bridgehead atoms. The van der Waals surface area contributed by atoms with Crippen LogP contribution in [-0.4, -0.2) is 35.9 Å². The van der Waals surface area contributed by atoms with Gasteiger partial charge in [-0.1, -0.05) is 13.8 Å². The van der Waals surface area contributed by atoms with Crippen LogP contribution in [0.1, 0.15) is 31.1 Å². The van der Waals surface area contributed by atoms with Gasteiger partial charge in [-0.3, -0.25) is 14.9 Å². The van der Waals surface area contributed by atoms with Crippen LogP contribution < -0.4 is 4.74 Å². The Morgan fingerprint density at radius 1 is 1.45 bits per heavy atom. The van der Waals surface area contributed by atoms with Gasteiger partial charge in [0.05, 0.1) is 11.5 Å². The van der Waals surface area contributed by atoms with E-state index in [2.05, 4.69) is 0 Å². The third-order valence-corrected chi connectivity index (χ3v) is 2.69. The minimum Gasteiger partial charge on any atom is -0.487 e. The summed E-state index contributed by atoms with van der Waals surface area (Å²) in [4.78, 5) is 24.2. The van der Waals surface area contributed by atoms with E-state index in [0.717, 1.165) is 0 Å². The third kappa shape index (κ3) is 3.94. The van der Waals surface area contributed by atoms with Crippen LogP contribution >= 0.6 is 0 Å². The van der Waals surface area contributed by atoms with Crippen molar-refractivity contribution in [3.63, 3.8) is 0 Å². The zero-order chi connectivity index (χ0) is 15.3. The Hall–Kier alpha value is -2.11. The molecule has 0 saturated heterocycles. The molecular weight excluding hydrogens is 260 g/mol. The molecule has 0 heterocycles. The molecule has 20 heavy (non-hydrogen) atoms. The van der Waals surface area contributed by atoms with E-state index >= 15 is 0 Å². The number of nitro benzene ring substituents is 1.